The lowest BCUT2D eigenvalue weighted by molar-refractivity contribution is -0.127. The molecule has 0 unspecified atom stereocenters. The molecule has 0 radical (unpaired) electrons. The minimum Gasteiger partial charge on any atom is -0.356 e. The van der Waals surface area contributed by atoms with Gasteiger partial charge in [0.05, 0.1) is 0 Å². The summed E-state index contributed by atoms with van der Waals surface area (Å²) in [6, 6.07) is 14.7. The molecule has 2 aromatic carbocycles. The van der Waals surface area contributed by atoms with Gasteiger partial charge in [-0.25, -0.2) is 4.39 Å². The van der Waals surface area contributed by atoms with E-state index in [-0.39, 0.29) is 42.1 Å². The molecular formula is C27H35ClFN3O2. The third-order valence-electron chi connectivity index (χ3n) is 6.91. The number of hydrogen-bond acceptors (Lipinski definition) is 3. The van der Waals surface area contributed by atoms with Crippen molar-refractivity contribution in [2.45, 2.75) is 62.9 Å². The van der Waals surface area contributed by atoms with Crippen LogP contribution in [-0.2, 0) is 22.4 Å². The Morgan fingerprint density at radius 3 is 2.44 bits per heavy atom. The molecule has 184 valence electrons. The molecule has 2 N–H and O–H groups in total. The van der Waals surface area contributed by atoms with Crippen LogP contribution in [0.3, 0.4) is 0 Å². The van der Waals surface area contributed by atoms with E-state index in [0.29, 0.717) is 18.5 Å². The van der Waals surface area contributed by atoms with Crippen molar-refractivity contribution in [2.24, 2.45) is 0 Å². The third kappa shape index (κ3) is 7.54. The van der Waals surface area contributed by atoms with Crippen LogP contribution in [0, 0.1) is 5.82 Å². The highest BCUT2D eigenvalue weighted by atomic mass is 35.5. The topological polar surface area (TPSA) is 61.4 Å². The van der Waals surface area contributed by atoms with Crippen molar-refractivity contribution in [3.63, 3.8) is 0 Å². The lowest BCUT2D eigenvalue weighted by Gasteiger charge is -2.45. The van der Waals surface area contributed by atoms with Gasteiger partial charge in [0.1, 0.15) is 5.82 Å². The van der Waals surface area contributed by atoms with E-state index >= 15 is 0 Å². The summed E-state index contributed by atoms with van der Waals surface area (Å²) < 4.78 is 13.6. The van der Waals surface area contributed by atoms with E-state index in [1.54, 1.807) is 18.2 Å². The minimum atomic E-state index is -0.269. The summed E-state index contributed by atoms with van der Waals surface area (Å²) >= 11 is 6.18. The molecule has 0 spiro atoms. The monoisotopic (exact) mass is 487 g/mol. The van der Waals surface area contributed by atoms with Gasteiger partial charge in [0.2, 0.25) is 11.8 Å². The summed E-state index contributed by atoms with van der Waals surface area (Å²) in [6.07, 6.45) is 5.40. The molecule has 0 bridgehead atoms. The summed E-state index contributed by atoms with van der Waals surface area (Å²) in [5, 5.41) is 6.63. The third-order valence-corrected chi connectivity index (χ3v) is 7.14. The average molecular weight is 488 g/mol. The Bertz CT molecular complexity index is 974. The Morgan fingerprint density at radius 2 is 1.76 bits per heavy atom. The molecule has 1 fully saturated rings. The fraction of sp³-hybridized carbons (Fsp3) is 0.481. The molecule has 1 saturated carbocycles. The Labute approximate surface area is 207 Å². The van der Waals surface area contributed by atoms with Crippen molar-refractivity contribution < 1.29 is 14.0 Å². The summed E-state index contributed by atoms with van der Waals surface area (Å²) in [4.78, 5) is 26.8. The molecule has 0 aromatic heterocycles. The van der Waals surface area contributed by atoms with Crippen molar-refractivity contribution in [3.8, 4) is 0 Å². The van der Waals surface area contributed by atoms with Gasteiger partial charge in [-0.1, -0.05) is 41.9 Å². The van der Waals surface area contributed by atoms with E-state index in [1.807, 2.05) is 18.2 Å². The van der Waals surface area contributed by atoms with E-state index in [2.05, 4.69) is 35.7 Å². The molecule has 34 heavy (non-hydrogen) atoms. The zero-order chi connectivity index (χ0) is 24.6. The number of benzene rings is 2. The highest BCUT2D eigenvalue weighted by molar-refractivity contribution is 6.30. The standard InChI is InChI=1S/C27H35ClFN3O2/c1-32(2)27(19-20-6-5-8-22(28)18-20)15-12-23(13-16-27)31-26(34)11-10-25(33)30-17-14-21-7-3-4-9-24(21)29/h3-9,18,23H,10-17,19H2,1-2H3,(H,30,33)(H,31,34). The first-order chi connectivity index (χ1) is 16.3. The van der Waals surface area contributed by atoms with Gasteiger partial charge in [0.25, 0.3) is 0 Å². The molecule has 3 rings (SSSR count). The number of likely N-dealkylation sites (N-methyl/N-ethyl adjacent to an activating group) is 1. The van der Waals surface area contributed by atoms with Crippen LogP contribution in [0.2, 0.25) is 5.02 Å². The summed E-state index contributed by atoms with van der Waals surface area (Å²) in [5.74, 6) is -0.556. The maximum absolute atomic E-state index is 13.6. The number of hydrogen-bond donors (Lipinski definition) is 2. The van der Waals surface area contributed by atoms with Crippen molar-refractivity contribution in [1.29, 1.82) is 0 Å². The van der Waals surface area contributed by atoms with Crippen LogP contribution < -0.4 is 10.6 Å². The van der Waals surface area contributed by atoms with Gasteiger partial charge < -0.3 is 15.5 Å². The molecule has 0 saturated heterocycles. The van der Waals surface area contributed by atoms with Crippen molar-refractivity contribution in [2.75, 3.05) is 20.6 Å². The zero-order valence-corrected chi connectivity index (χ0v) is 20.8. The Balaban J connectivity index is 1.38. The molecule has 5 nitrogen and oxygen atoms in total. The number of rotatable bonds is 10. The second kappa shape index (κ2) is 12.3. The van der Waals surface area contributed by atoms with Gasteiger partial charge in [0, 0.05) is 36.0 Å². The summed E-state index contributed by atoms with van der Waals surface area (Å²) in [7, 11) is 4.24. The molecule has 2 amide bonds. The molecule has 1 aliphatic rings. The largest absolute Gasteiger partial charge is 0.356 e. The minimum absolute atomic E-state index is 0.0457. The molecular weight excluding hydrogens is 453 g/mol. The Morgan fingerprint density at radius 1 is 1.06 bits per heavy atom. The van der Waals surface area contributed by atoms with Crippen LogP contribution in [0.15, 0.2) is 48.5 Å². The fourth-order valence-electron chi connectivity index (χ4n) is 4.76. The number of halogens is 2. The van der Waals surface area contributed by atoms with Gasteiger partial charge in [0.15, 0.2) is 0 Å². The predicted molar refractivity (Wildman–Crippen MR) is 134 cm³/mol. The van der Waals surface area contributed by atoms with Crippen molar-refractivity contribution in [3.05, 3.63) is 70.5 Å². The highest BCUT2D eigenvalue weighted by Crippen LogP contribution is 2.36. The number of nitrogens with one attached hydrogen (secondary N) is 2. The number of nitrogens with zero attached hydrogens (tertiary/aromatic N) is 1. The maximum Gasteiger partial charge on any atom is 0.220 e. The van der Waals surface area contributed by atoms with Gasteiger partial charge in [-0.05, 0) is 81.9 Å². The average Bonchev–Trinajstić information content (AvgIpc) is 2.80. The van der Waals surface area contributed by atoms with Crippen LogP contribution >= 0.6 is 11.6 Å². The van der Waals surface area contributed by atoms with Crippen LogP contribution in [0.1, 0.15) is 49.7 Å². The lowest BCUT2D eigenvalue weighted by Crippen LogP contribution is -2.52. The van der Waals surface area contributed by atoms with E-state index in [9.17, 15) is 14.0 Å². The summed E-state index contributed by atoms with van der Waals surface area (Å²) in [5.41, 5.74) is 1.84. The predicted octanol–water partition coefficient (Wildman–Crippen LogP) is 4.52. The molecule has 0 aliphatic heterocycles. The van der Waals surface area contributed by atoms with E-state index in [0.717, 1.165) is 37.1 Å². The Kier molecular flexibility index (Phi) is 9.48. The maximum atomic E-state index is 13.6. The van der Waals surface area contributed by atoms with Crippen LogP contribution in [0.25, 0.3) is 0 Å². The first-order valence-corrected chi connectivity index (χ1v) is 12.4. The molecule has 2 aromatic rings. The second-order valence-electron chi connectivity index (χ2n) is 9.46. The highest BCUT2D eigenvalue weighted by Gasteiger charge is 2.37. The van der Waals surface area contributed by atoms with E-state index in [4.69, 9.17) is 11.6 Å². The number of carbonyl (C=O) groups excluding carboxylic acids is 2. The fourth-order valence-corrected chi connectivity index (χ4v) is 4.97. The number of amides is 2. The second-order valence-corrected chi connectivity index (χ2v) is 9.90. The summed E-state index contributed by atoms with van der Waals surface area (Å²) in [6.45, 7) is 0.350. The molecule has 0 heterocycles. The normalized spacial score (nSPS) is 20.2. The zero-order valence-electron chi connectivity index (χ0n) is 20.1. The molecule has 0 atom stereocenters. The lowest BCUT2D eigenvalue weighted by atomic mass is 9.75. The van der Waals surface area contributed by atoms with Crippen LogP contribution in [-0.4, -0.2) is 48.9 Å². The van der Waals surface area contributed by atoms with Crippen molar-refractivity contribution >= 4 is 23.4 Å². The van der Waals surface area contributed by atoms with Crippen LogP contribution in [0.4, 0.5) is 4.39 Å². The first-order valence-electron chi connectivity index (χ1n) is 12.0. The van der Waals surface area contributed by atoms with Gasteiger partial charge in [-0.2, -0.15) is 0 Å². The quantitative estimate of drug-likeness (QED) is 0.518. The van der Waals surface area contributed by atoms with Gasteiger partial charge in [-0.3, -0.25) is 9.59 Å². The first kappa shape index (κ1) is 26.2. The van der Waals surface area contributed by atoms with E-state index in [1.165, 1.54) is 11.6 Å². The SMILES string of the molecule is CN(C)C1(Cc2cccc(Cl)c2)CCC(NC(=O)CCC(=O)NCCc2ccccc2F)CC1. The van der Waals surface area contributed by atoms with Crippen LogP contribution in [0.5, 0.6) is 0 Å². The Hall–Kier alpha value is -2.44. The van der Waals surface area contributed by atoms with Gasteiger partial charge >= 0.3 is 0 Å². The molecule has 1 aliphatic carbocycles. The molecule has 7 heteroatoms. The smallest absolute Gasteiger partial charge is 0.220 e. The van der Waals surface area contributed by atoms with Crippen molar-refractivity contribution in [1.82, 2.24) is 15.5 Å². The van der Waals surface area contributed by atoms with Gasteiger partial charge in [-0.15, -0.1) is 0 Å². The number of carbonyl (C=O) groups is 2. The van der Waals surface area contributed by atoms with E-state index < -0.39 is 0 Å².